The highest BCUT2D eigenvalue weighted by Crippen LogP contribution is 2.48. The first-order chi connectivity index (χ1) is 29.2. The van der Waals surface area contributed by atoms with E-state index in [0.29, 0.717) is 0 Å². The quantitative estimate of drug-likeness (QED) is 0.164. The Balaban J connectivity index is 1.13. The Kier molecular flexibility index (Phi) is 7.75. The Bertz CT molecular complexity index is 3560. The van der Waals surface area contributed by atoms with Crippen LogP contribution in [0.25, 0.3) is 91.5 Å². The molecule has 2 aromatic heterocycles. The molecule has 0 unspecified atom stereocenters. The van der Waals surface area contributed by atoms with Crippen molar-refractivity contribution in [2.75, 3.05) is 4.90 Å². The number of hydrogen-bond acceptors (Lipinski definition) is 2. The minimum absolute atomic E-state index is 1.11. The molecule has 2 nitrogen and oxygen atoms in total. The number of nitrogens with zero attached hydrogens (tertiary/aromatic N) is 2. The summed E-state index contributed by atoms with van der Waals surface area (Å²) in [6.45, 7) is 0. The van der Waals surface area contributed by atoms with Crippen LogP contribution in [-0.2, 0) is 0 Å². The van der Waals surface area contributed by atoms with Crippen molar-refractivity contribution >= 4 is 91.9 Å². The Morgan fingerprint density at radius 1 is 0.356 bits per heavy atom. The fourth-order valence-electron chi connectivity index (χ4n) is 9.16. The van der Waals surface area contributed by atoms with Gasteiger partial charge in [0.05, 0.1) is 21.4 Å². The van der Waals surface area contributed by atoms with Crippen molar-refractivity contribution in [1.82, 2.24) is 4.57 Å². The number of rotatable bonds is 6. The van der Waals surface area contributed by atoms with Crippen LogP contribution in [0.15, 0.2) is 218 Å². The zero-order valence-electron chi connectivity index (χ0n) is 32.1. The first-order valence-electron chi connectivity index (χ1n) is 20.2. The Hall–Kier alpha value is -7.46. The van der Waals surface area contributed by atoms with E-state index in [1.807, 2.05) is 11.3 Å². The lowest BCUT2D eigenvalue weighted by Gasteiger charge is -2.27. The summed E-state index contributed by atoms with van der Waals surface area (Å²) in [6, 6.07) is 80.1. The zero-order chi connectivity index (χ0) is 38.9. The number of benzene rings is 10. The van der Waals surface area contributed by atoms with Crippen LogP contribution < -0.4 is 4.90 Å². The molecule has 3 heteroatoms. The average molecular weight is 769 g/mol. The van der Waals surface area contributed by atoms with Crippen molar-refractivity contribution in [3.05, 3.63) is 218 Å². The Morgan fingerprint density at radius 2 is 1.00 bits per heavy atom. The summed E-state index contributed by atoms with van der Waals surface area (Å²) in [6.07, 6.45) is 0. The molecule has 0 amide bonds. The molecule has 0 fully saturated rings. The van der Waals surface area contributed by atoms with Gasteiger partial charge in [0, 0.05) is 43.3 Å². The molecule has 0 spiro atoms. The van der Waals surface area contributed by atoms with E-state index in [1.54, 1.807) is 0 Å². The van der Waals surface area contributed by atoms with Gasteiger partial charge < -0.3 is 9.47 Å². The van der Waals surface area contributed by atoms with E-state index in [4.69, 9.17) is 0 Å². The number of para-hydroxylation sites is 2. The van der Waals surface area contributed by atoms with Gasteiger partial charge in [-0.05, 0) is 117 Å². The van der Waals surface area contributed by atoms with Gasteiger partial charge in [0.1, 0.15) is 0 Å². The molecule has 0 aliphatic carbocycles. The van der Waals surface area contributed by atoms with Crippen LogP contribution in [0.1, 0.15) is 0 Å². The maximum atomic E-state index is 2.49. The van der Waals surface area contributed by atoms with Crippen molar-refractivity contribution in [2.24, 2.45) is 0 Å². The van der Waals surface area contributed by atoms with E-state index in [0.717, 1.165) is 22.7 Å². The maximum Gasteiger partial charge on any atom is 0.0640 e. The van der Waals surface area contributed by atoms with Crippen LogP contribution in [0.4, 0.5) is 17.1 Å². The largest absolute Gasteiger partial charge is 0.309 e. The molecular formula is C56H36N2S. The summed E-state index contributed by atoms with van der Waals surface area (Å²) >= 11 is 1.88. The summed E-state index contributed by atoms with van der Waals surface area (Å²) in [5.41, 5.74) is 11.7. The Labute approximate surface area is 346 Å². The highest BCUT2D eigenvalue weighted by atomic mass is 32.1. The van der Waals surface area contributed by atoms with Crippen molar-refractivity contribution in [2.45, 2.75) is 0 Å². The molecule has 276 valence electrons. The fraction of sp³-hybridized carbons (Fsp3) is 0. The number of aromatic nitrogens is 1. The van der Waals surface area contributed by atoms with Crippen LogP contribution in [0.5, 0.6) is 0 Å². The number of thiophene rings is 1. The topological polar surface area (TPSA) is 8.17 Å². The molecule has 12 aromatic rings. The molecule has 0 saturated carbocycles. The van der Waals surface area contributed by atoms with E-state index in [9.17, 15) is 0 Å². The second-order valence-electron chi connectivity index (χ2n) is 15.3. The number of hydrogen-bond donors (Lipinski definition) is 0. The summed E-state index contributed by atoms with van der Waals surface area (Å²) in [7, 11) is 0. The van der Waals surface area contributed by atoms with E-state index >= 15 is 0 Å². The summed E-state index contributed by atoms with van der Waals surface area (Å²) in [5, 5.41) is 10.0. The summed E-state index contributed by atoms with van der Waals surface area (Å²) in [5.74, 6) is 0. The highest BCUT2D eigenvalue weighted by molar-refractivity contribution is 7.26. The third-order valence-corrected chi connectivity index (χ3v) is 13.1. The molecule has 0 bridgehead atoms. The van der Waals surface area contributed by atoms with Gasteiger partial charge in [-0.2, -0.15) is 0 Å². The smallest absolute Gasteiger partial charge is 0.0640 e. The van der Waals surface area contributed by atoms with Gasteiger partial charge in [-0.1, -0.05) is 146 Å². The molecule has 0 N–H and O–H groups in total. The molecular weight excluding hydrogens is 733 g/mol. The minimum Gasteiger partial charge on any atom is -0.309 e. The summed E-state index contributed by atoms with van der Waals surface area (Å²) < 4.78 is 4.95. The second-order valence-corrected chi connectivity index (χ2v) is 16.4. The van der Waals surface area contributed by atoms with Gasteiger partial charge >= 0.3 is 0 Å². The van der Waals surface area contributed by atoms with Gasteiger partial charge in [-0.3, -0.25) is 0 Å². The SMILES string of the molecule is c1ccc(-c2cc(N(c3ccc4c(c3)c3ccccc3n4-c3ccccc3)c3cccc4c3sc3cc5ccccc5cc34)ccc2-c2ccc3ccccc3c2)cc1. The molecule has 0 radical (unpaired) electrons. The van der Waals surface area contributed by atoms with Crippen molar-refractivity contribution < 1.29 is 0 Å². The van der Waals surface area contributed by atoms with Crippen molar-refractivity contribution in [1.29, 1.82) is 0 Å². The van der Waals surface area contributed by atoms with E-state index in [1.165, 1.54) is 85.8 Å². The standard InChI is InChI=1S/C56H36N2S/c1-3-15-38(16-4-1)49-35-44(28-30-46(49)42-27-26-37-14-7-8-17-39(37)32-42)57(54-25-13-23-48-51-33-40-18-9-10-19-41(40)34-55(51)59-56(48)54)45-29-31-53-50(36-45)47-22-11-12-24-52(47)58(53)43-20-5-2-6-21-43/h1-36H. The number of anilines is 3. The lowest BCUT2D eigenvalue weighted by Crippen LogP contribution is -2.10. The average Bonchev–Trinajstić information content (AvgIpc) is 3.84. The molecule has 12 rings (SSSR count). The van der Waals surface area contributed by atoms with Gasteiger partial charge in [-0.25, -0.2) is 0 Å². The van der Waals surface area contributed by atoms with E-state index in [-0.39, 0.29) is 0 Å². The van der Waals surface area contributed by atoms with Gasteiger partial charge in [0.15, 0.2) is 0 Å². The van der Waals surface area contributed by atoms with Crippen LogP contribution in [0.3, 0.4) is 0 Å². The second kappa shape index (κ2) is 13.6. The minimum atomic E-state index is 1.11. The van der Waals surface area contributed by atoms with Crippen LogP contribution in [0, 0.1) is 0 Å². The molecule has 0 aliphatic rings. The molecule has 0 atom stereocenters. The van der Waals surface area contributed by atoms with Gasteiger partial charge in [0.2, 0.25) is 0 Å². The predicted octanol–water partition coefficient (Wildman–Crippen LogP) is 16.3. The third-order valence-electron chi connectivity index (χ3n) is 11.9. The normalized spacial score (nSPS) is 11.7. The third kappa shape index (κ3) is 5.55. The lowest BCUT2D eigenvalue weighted by atomic mass is 9.92. The van der Waals surface area contributed by atoms with Gasteiger partial charge in [0.25, 0.3) is 0 Å². The molecule has 10 aromatic carbocycles. The predicted molar refractivity (Wildman–Crippen MR) is 254 cm³/mol. The molecule has 0 aliphatic heterocycles. The first-order valence-corrected chi connectivity index (χ1v) is 21.0. The van der Waals surface area contributed by atoms with E-state index < -0.39 is 0 Å². The fourth-order valence-corrected chi connectivity index (χ4v) is 10.4. The zero-order valence-corrected chi connectivity index (χ0v) is 32.9. The number of fused-ring (bicyclic) bond motifs is 8. The summed E-state index contributed by atoms with van der Waals surface area (Å²) in [4.78, 5) is 2.49. The van der Waals surface area contributed by atoms with E-state index in [2.05, 4.69) is 228 Å². The first kappa shape index (κ1) is 33.7. The monoisotopic (exact) mass is 768 g/mol. The molecule has 2 heterocycles. The van der Waals surface area contributed by atoms with Crippen molar-refractivity contribution in [3.63, 3.8) is 0 Å². The van der Waals surface area contributed by atoms with Crippen molar-refractivity contribution in [3.8, 4) is 27.9 Å². The molecule has 59 heavy (non-hydrogen) atoms. The molecule has 0 saturated heterocycles. The maximum absolute atomic E-state index is 2.49. The highest BCUT2D eigenvalue weighted by Gasteiger charge is 2.22. The van der Waals surface area contributed by atoms with Crippen LogP contribution in [-0.4, -0.2) is 4.57 Å². The Morgan fingerprint density at radius 3 is 1.83 bits per heavy atom. The van der Waals surface area contributed by atoms with Gasteiger partial charge in [-0.15, -0.1) is 11.3 Å². The van der Waals surface area contributed by atoms with Crippen LogP contribution in [0.2, 0.25) is 0 Å². The van der Waals surface area contributed by atoms with Crippen LogP contribution >= 0.6 is 11.3 Å². The lowest BCUT2D eigenvalue weighted by molar-refractivity contribution is 1.18.